The van der Waals surface area contributed by atoms with Crippen LogP contribution >= 0.6 is 11.8 Å². The van der Waals surface area contributed by atoms with E-state index in [0.29, 0.717) is 6.04 Å². The molecule has 5 heteroatoms. The molecule has 1 N–H and O–H groups in total. The van der Waals surface area contributed by atoms with Gasteiger partial charge in [0.25, 0.3) is 0 Å². The van der Waals surface area contributed by atoms with Gasteiger partial charge >= 0.3 is 0 Å². The Bertz CT molecular complexity index is 561. The van der Waals surface area contributed by atoms with E-state index in [1.807, 2.05) is 11.0 Å². The summed E-state index contributed by atoms with van der Waals surface area (Å²) in [5, 5.41) is 10.1. The highest BCUT2D eigenvalue weighted by Crippen LogP contribution is 2.37. The van der Waals surface area contributed by atoms with E-state index in [0.717, 1.165) is 51.9 Å². The van der Waals surface area contributed by atoms with Gasteiger partial charge in [0.15, 0.2) is 0 Å². The lowest BCUT2D eigenvalue weighted by atomic mass is 10.1. The second kappa shape index (κ2) is 6.46. The Labute approximate surface area is 141 Å². The summed E-state index contributed by atoms with van der Waals surface area (Å²) in [6.07, 6.45) is 3.85. The number of aliphatic hydroxyl groups excluding tert-OH is 1. The molecule has 1 aromatic carbocycles. The minimum absolute atomic E-state index is 0.0519. The summed E-state index contributed by atoms with van der Waals surface area (Å²) in [6.45, 7) is 3.40. The first-order valence-electron chi connectivity index (χ1n) is 8.68. The molecule has 0 spiro atoms. The zero-order chi connectivity index (χ0) is 15.8. The van der Waals surface area contributed by atoms with Crippen LogP contribution in [0.15, 0.2) is 29.2 Å². The van der Waals surface area contributed by atoms with Crippen molar-refractivity contribution >= 4 is 17.7 Å². The summed E-state index contributed by atoms with van der Waals surface area (Å²) in [5.41, 5.74) is 1.31. The molecule has 3 unspecified atom stereocenters. The molecule has 1 saturated heterocycles. The largest absolute Gasteiger partial charge is 0.391 e. The predicted octanol–water partition coefficient (Wildman–Crippen LogP) is 1.76. The Morgan fingerprint density at radius 1 is 1.13 bits per heavy atom. The predicted molar refractivity (Wildman–Crippen MR) is 91.6 cm³/mol. The zero-order valence-corrected chi connectivity index (χ0v) is 14.2. The number of amides is 1. The fraction of sp³-hybridized carbons (Fsp3) is 0.611. The Balaban J connectivity index is 1.33. The third-order valence-electron chi connectivity index (χ3n) is 5.46. The Kier molecular flexibility index (Phi) is 4.35. The van der Waals surface area contributed by atoms with Gasteiger partial charge in [0.1, 0.15) is 0 Å². The number of rotatable bonds is 2. The molecule has 2 fully saturated rings. The number of carbonyl (C=O) groups excluding carboxylic acids is 1. The molecular formula is C18H24N2O2S. The van der Waals surface area contributed by atoms with Crippen LogP contribution in [-0.2, 0) is 11.2 Å². The number of carbonyl (C=O) groups is 1. The van der Waals surface area contributed by atoms with E-state index in [9.17, 15) is 9.90 Å². The molecule has 0 radical (unpaired) electrons. The van der Waals surface area contributed by atoms with Crippen LogP contribution in [0.4, 0.5) is 0 Å². The van der Waals surface area contributed by atoms with Crippen LogP contribution in [0.3, 0.4) is 0 Å². The lowest BCUT2D eigenvalue weighted by molar-refractivity contribution is -0.132. The number of hydrogen-bond donors (Lipinski definition) is 1. The van der Waals surface area contributed by atoms with Gasteiger partial charge < -0.3 is 10.0 Å². The summed E-state index contributed by atoms with van der Waals surface area (Å²) in [5.74, 6) is 0.290. The molecule has 3 aliphatic rings. The highest BCUT2D eigenvalue weighted by atomic mass is 32.2. The number of fused-ring (bicyclic) bond motifs is 1. The quantitative estimate of drug-likeness (QED) is 0.896. The molecule has 1 aromatic rings. The van der Waals surface area contributed by atoms with Gasteiger partial charge in [-0.2, -0.15) is 0 Å². The zero-order valence-electron chi connectivity index (χ0n) is 13.4. The van der Waals surface area contributed by atoms with Crippen molar-refractivity contribution in [2.45, 2.75) is 48.0 Å². The van der Waals surface area contributed by atoms with Gasteiger partial charge in [-0.3, -0.25) is 9.69 Å². The standard InChI is InChI=1S/C18H24N2O2S/c21-15-6-3-5-14(15)19-8-10-20(11-9-19)18(22)17-12-13-4-1-2-7-16(13)23-17/h1-2,4,7,14-15,17,21H,3,5-6,8-12H2. The molecule has 4 rings (SSSR count). The second-order valence-corrected chi connectivity index (χ2v) is 8.09. The first-order valence-corrected chi connectivity index (χ1v) is 9.56. The molecule has 4 nitrogen and oxygen atoms in total. The van der Waals surface area contributed by atoms with Crippen LogP contribution in [0, 0.1) is 0 Å². The highest BCUT2D eigenvalue weighted by molar-refractivity contribution is 8.01. The molecule has 23 heavy (non-hydrogen) atoms. The van der Waals surface area contributed by atoms with Crippen molar-refractivity contribution in [2.24, 2.45) is 0 Å². The van der Waals surface area contributed by atoms with Crippen molar-refractivity contribution in [3.8, 4) is 0 Å². The minimum Gasteiger partial charge on any atom is -0.391 e. The van der Waals surface area contributed by atoms with Gasteiger partial charge in [-0.15, -0.1) is 11.8 Å². The Hall–Kier alpha value is -1.04. The molecule has 2 heterocycles. The summed E-state index contributed by atoms with van der Waals surface area (Å²) >= 11 is 1.72. The molecule has 3 atom stereocenters. The van der Waals surface area contributed by atoms with Crippen LogP contribution < -0.4 is 0 Å². The molecule has 0 bridgehead atoms. The average Bonchev–Trinajstić information content (AvgIpc) is 3.20. The SMILES string of the molecule is O=C(C1Cc2ccccc2S1)N1CCN(C2CCCC2O)CC1. The maximum absolute atomic E-state index is 12.8. The highest BCUT2D eigenvalue weighted by Gasteiger charge is 2.36. The summed E-state index contributed by atoms with van der Waals surface area (Å²) < 4.78 is 0. The maximum atomic E-state index is 12.8. The number of aliphatic hydroxyl groups is 1. The number of nitrogens with zero attached hydrogens (tertiary/aromatic N) is 2. The molecule has 1 saturated carbocycles. The molecule has 1 amide bonds. The first kappa shape index (κ1) is 15.5. The molecule has 2 aliphatic heterocycles. The molecule has 0 aromatic heterocycles. The van der Waals surface area contributed by atoms with Crippen molar-refractivity contribution in [3.63, 3.8) is 0 Å². The number of benzene rings is 1. The lowest BCUT2D eigenvalue weighted by Crippen LogP contribution is -2.55. The monoisotopic (exact) mass is 332 g/mol. The van der Waals surface area contributed by atoms with Crippen molar-refractivity contribution in [3.05, 3.63) is 29.8 Å². The lowest BCUT2D eigenvalue weighted by Gasteiger charge is -2.39. The summed E-state index contributed by atoms with van der Waals surface area (Å²) in [4.78, 5) is 18.5. The van der Waals surface area contributed by atoms with Crippen LogP contribution in [-0.4, -0.2) is 64.4 Å². The fourth-order valence-corrected chi connectivity index (χ4v) is 5.42. The minimum atomic E-state index is -0.169. The van der Waals surface area contributed by atoms with Crippen molar-refractivity contribution in [1.82, 2.24) is 9.80 Å². The topological polar surface area (TPSA) is 43.8 Å². The van der Waals surface area contributed by atoms with Gasteiger partial charge in [-0.05, 0) is 37.3 Å². The fourth-order valence-electron chi connectivity index (χ4n) is 4.14. The van der Waals surface area contributed by atoms with Crippen molar-refractivity contribution < 1.29 is 9.90 Å². The smallest absolute Gasteiger partial charge is 0.236 e. The summed E-state index contributed by atoms with van der Waals surface area (Å²) in [7, 11) is 0. The second-order valence-electron chi connectivity index (χ2n) is 6.85. The van der Waals surface area contributed by atoms with Gasteiger partial charge in [-0.1, -0.05) is 18.2 Å². The number of hydrogen-bond acceptors (Lipinski definition) is 4. The third kappa shape index (κ3) is 3.02. The van der Waals surface area contributed by atoms with Crippen molar-refractivity contribution in [1.29, 1.82) is 0 Å². The van der Waals surface area contributed by atoms with Crippen molar-refractivity contribution in [2.75, 3.05) is 26.2 Å². The molecule has 124 valence electrons. The molecular weight excluding hydrogens is 308 g/mol. The van der Waals surface area contributed by atoms with E-state index < -0.39 is 0 Å². The van der Waals surface area contributed by atoms with E-state index in [1.54, 1.807) is 11.8 Å². The summed E-state index contributed by atoms with van der Waals surface area (Å²) in [6, 6.07) is 8.67. The maximum Gasteiger partial charge on any atom is 0.236 e. The van der Waals surface area contributed by atoms with E-state index in [-0.39, 0.29) is 17.3 Å². The third-order valence-corrected chi connectivity index (χ3v) is 6.77. The number of thioether (sulfide) groups is 1. The van der Waals surface area contributed by atoms with E-state index in [4.69, 9.17) is 0 Å². The average molecular weight is 332 g/mol. The van der Waals surface area contributed by atoms with Gasteiger partial charge in [0.2, 0.25) is 5.91 Å². The Morgan fingerprint density at radius 3 is 2.61 bits per heavy atom. The van der Waals surface area contributed by atoms with E-state index in [1.165, 1.54) is 10.5 Å². The van der Waals surface area contributed by atoms with E-state index in [2.05, 4.69) is 23.1 Å². The van der Waals surface area contributed by atoms with Crippen LogP contribution in [0.5, 0.6) is 0 Å². The first-order chi connectivity index (χ1) is 11.2. The molecule has 1 aliphatic carbocycles. The van der Waals surface area contributed by atoms with Gasteiger partial charge in [0.05, 0.1) is 11.4 Å². The van der Waals surface area contributed by atoms with Crippen LogP contribution in [0.2, 0.25) is 0 Å². The number of piperazine rings is 1. The van der Waals surface area contributed by atoms with Crippen LogP contribution in [0.25, 0.3) is 0 Å². The van der Waals surface area contributed by atoms with Gasteiger partial charge in [0, 0.05) is 37.1 Å². The van der Waals surface area contributed by atoms with Crippen LogP contribution in [0.1, 0.15) is 24.8 Å². The Morgan fingerprint density at radius 2 is 1.91 bits per heavy atom. The van der Waals surface area contributed by atoms with Gasteiger partial charge in [-0.25, -0.2) is 0 Å². The van der Waals surface area contributed by atoms with E-state index >= 15 is 0 Å². The normalized spacial score (nSPS) is 31.3.